The largest absolute Gasteiger partial charge is 0.390 e. The van der Waals surface area contributed by atoms with Crippen LogP contribution in [0.3, 0.4) is 0 Å². The molecule has 28 heavy (non-hydrogen) atoms. The van der Waals surface area contributed by atoms with Gasteiger partial charge in [0.15, 0.2) is 22.1 Å². The smallest absolute Gasteiger partial charge is 0.196 e. The molecule has 1 aliphatic rings. The summed E-state index contributed by atoms with van der Waals surface area (Å²) in [5, 5.41) is 32.7. The van der Waals surface area contributed by atoms with Crippen LogP contribution in [0.5, 0.6) is 0 Å². The Morgan fingerprint density at radius 2 is 2.00 bits per heavy atom. The number of fused-ring (bicyclic) bond motifs is 1. The van der Waals surface area contributed by atoms with Crippen LogP contribution >= 0.6 is 11.8 Å². The zero-order valence-electron chi connectivity index (χ0n) is 15.7. The van der Waals surface area contributed by atoms with Gasteiger partial charge in [0, 0.05) is 11.4 Å². The molecular weight excluding hydrogens is 376 g/mol. The Morgan fingerprint density at radius 3 is 2.71 bits per heavy atom. The molecule has 0 unspecified atom stereocenters. The zero-order chi connectivity index (χ0) is 19.5. The first-order chi connectivity index (χ1) is 13.7. The van der Waals surface area contributed by atoms with Gasteiger partial charge >= 0.3 is 0 Å². The molecule has 0 spiro atoms. The van der Waals surface area contributed by atoms with E-state index in [4.69, 9.17) is 0 Å². The summed E-state index contributed by atoms with van der Waals surface area (Å²) in [4.78, 5) is 10.4. The number of hydrogen-bond donors (Lipinski definition) is 3. The molecule has 1 aliphatic carbocycles. The maximum atomic E-state index is 10.3. The van der Waals surface area contributed by atoms with Crippen molar-refractivity contribution < 1.29 is 10.2 Å². The Hall–Kier alpha value is -2.23. The second kappa shape index (κ2) is 8.42. The van der Waals surface area contributed by atoms with E-state index in [0.717, 1.165) is 24.3 Å². The summed E-state index contributed by atoms with van der Waals surface area (Å²) >= 11 is 1.47. The minimum atomic E-state index is -0.874. The van der Waals surface area contributed by atoms with Gasteiger partial charge in [-0.2, -0.15) is 0 Å². The van der Waals surface area contributed by atoms with Gasteiger partial charge in [0.2, 0.25) is 0 Å². The van der Waals surface area contributed by atoms with Crippen molar-refractivity contribution in [1.82, 2.24) is 25.0 Å². The molecule has 9 heteroatoms. The number of benzene rings is 1. The predicted octanol–water partition coefficient (Wildman–Crippen LogP) is 2.64. The van der Waals surface area contributed by atoms with Crippen LogP contribution in [0, 0.1) is 0 Å². The summed E-state index contributed by atoms with van der Waals surface area (Å²) in [5.41, 5.74) is 1.16. The van der Waals surface area contributed by atoms with Crippen LogP contribution in [0.2, 0.25) is 0 Å². The Balaban J connectivity index is 1.73. The third-order valence-electron chi connectivity index (χ3n) is 4.94. The SMILES string of the molecule is CCCCNc1nc(Sc2ccccc2)nc2c1nnn2[C@@H]1CC[C@@H](O)[C@H]1O. The van der Waals surface area contributed by atoms with Crippen LogP contribution in [0.1, 0.15) is 38.6 Å². The number of anilines is 1. The van der Waals surface area contributed by atoms with Crippen molar-refractivity contribution in [3.05, 3.63) is 30.3 Å². The van der Waals surface area contributed by atoms with E-state index in [1.807, 2.05) is 30.3 Å². The van der Waals surface area contributed by atoms with Crippen molar-refractivity contribution in [2.24, 2.45) is 0 Å². The van der Waals surface area contributed by atoms with Gasteiger partial charge in [-0.1, -0.05) is 36.8 Å². The van der Waals surface area contributed by atoms with Crippen molar-refractivity contribution in [3.63, 3.8) is 0 Å². The molecule has 0 saturated heterocycles. The molecule has 0 bridgehead atoms. The van der Waals surface area contributed by atoms with Crippen LogP contribution < -0.4 is 5.32 Å². The lowest BCUT2D eigenvalue weighted by Gasteiger charge is -2.16. The number of rotatable bonds is 7. The van der Waals surface area contributed by atoms with Crippen molar-refractivity contribution in [3.8, 4) is 0 Å². The molecule has 1 saturated carbocycles. The molecule has 4 rings (SSSR count). The lowest BCUT2D eigenvalue weighted by molar-refractivity contribution is 0.0215. The van der Waals surface area contributed by atoms with Gasteiger partial charge in [0.1, 0.15) is 6.10 Å². The lowest BCUT2D eigenvalue weighted by atomic mass is 10.2. The number of nitrogens with one attached hydrogen (secondary N) is 1. The van der Waals surface area contributed by atoms with Gasteiger partial charge in [-0.3, -0.25) is 0 Å². The van der Waals surface area contributed by atoms with Crippen LogP contribution in [-0.2, 0) is 0 Å². The summed E-state index contributed by atoms with van der Waals surface area (Å²) < 4.78 is 1.64. The molecule has 3 aromatic rings. The fourth-order valence-corrected chi connectivity index (χ4v) is 4.16. The van der Waals surface area contributed by atoms with Gasteiger partial charge in [-0.25, -0.2) is 14.6 Å². The van der Waals surface area contributed by atoms with Crippen molar-refractivity contribution in [2.45, 2.75) is 60.9 Å². The number of unbranched alkanes of at least 4 members (excludes halogenated alkanes) is 1. The standard InChI is InChI=1S/C19H24N6O2S/c1-2-3-11-20-17-15-18(22-19(21-17)28-12-7-5-4-6-8-12)25(24-23-15)13-9-10-14(26)16(13)27/h4-8,13-14,16,26-27H,2-3,9-11H2,1H3,(H,20,21,22)/t13-,14-,16+/m1/s1. The van der Waals surface area contributed by atoms with E-state index in [-0.39, 0.29) is 6.04 Å². The topological polar surface area (TPSA) is 109 Å². The number of aromatic nitrogens is 5. The van der Waals surface area contributed by atoms with E-state index >= 15 is 0 Å². The van der Waals surface area contributed by atoms with Gasteiger partial charge in [-0.15, -0.1) is 5.10 Å². The van der Waals surface area contributed by atoms with E-state index in [1.165, 1.54) is 11.8 Å². The lowest BCUT2D eigenvalue weighted by Crippen LogP contribution is -2.28. The molecule has 0 amide bonds. The first-order valence-electron chi connectivity index (χ1n) is 9.63. The molecule has 2 heterocycles. The van der Waals surface area contributed by atoms with Crippen LogP contribution in [-0.4, -0.2) is 53.9 Å². The van der Waals surface area contributed by atoms with Crippen LogP contribution in [0.25, 0.3) is 11.2 Å². The number of aliphatic hydroxyl groups excluding tert-OH is 2. The highest BCUT2D eigenvalue weighted by Crippen LogP contribution is 2.34. The van der Waals surface area contributed by atoms with Crippen LogP contribution in [0.15, 0.2) is 40.4 Å². The summed E-state index contributed by atoms with van der Waals surface area (Å²) in [6.07, 6.45) is 1.64. The molecule has 0 aliphatic heterocycles. The molecular formula is C19H24N6O2S. The van der Waals surface area contributed by atoms with Crippen molar-refractivity contribution in [2.75, 3.05) is 11.9 Å². The maximum absolute atomic E-state index is 10.3. The first-order valence-corrected chi connectivity index (χ1v) is 10.4. The molecule has 3 atom stereocenters. The van der Waals surface area contributed by atoms with Crippen LogP contribution in [0.4, 0.5) is 5.82 Å². The maximum Gasteiger partial charge on any atom is 0.196 e. The quantitative estimate of drug-likeness (QED) is 0.410. The summed E-state index contributed by atoms with van der Waals surface area (Å²) in [7, 11) is 0. The second-order valence-electron chi connectivity index (χ2n) is 6.96. The first kappa shape index (κ1) is 19.1. The van der Waals surface area contributed by atoms with Gasteiger partial charge in [-0.05, 0) is 43.2 Å². The van der Waals surface area contributed by atoms with E-state index in [0.29, 0.717) is 35.0 Å². The second-order valence-corrected chi connectivity index (χ2v) is 8.00. The minimum Gasteiger partial charge on any atom is -0.390 e. The average molecular weight is 401 g/mol. The monoisotopic (exact) mass is 400 g/mol. The molecule has 1 aromatic carbocycles. The highest BCUT2D eigenvalue weighted by molar-refractivity contribution is 7.99. The van der Waals surface area contributed by atoms with Crippen molar-refractivity contribution in [1.29, 1.82) is 0 Å². The number of nitrogens with zero attached hydrogens (tertiary/aromatic N) is 5. The third kappa shape index (κ3) is 3.82. The zero-order valence-corrected chi connectivity index (χ0v) is 16.5. The fourth-order valence-electron chi connectivity index (χ4n) is 3.39. The van der Waals surface area contributed by atoms with Gasteiger partial charge in [0.05, 0.1) is 12.1 Å². The molecule has 1 fully saturated rings. The minimum absolute atomic E-state index is 0.340. The third-order valence-corrected chi connectivity index (χ3v) is 5.81. The van der Waals surface area contributed by atoms with Gasteiger partial charge in [0.25, 0.3) is 0 Å². The summed E-state index contributed by atoms with van der Waals surface area (Å²) in [6.45, 7) is 2.92. The van der Waals surface area contributed by atoms with Gasteiger partial charge < -0.3 is 15.5 Å². The average Bonchev–Trinajstić information content (AvgIpc) is 3.26. The Morgan fingerprint density at radius 1 is 1.18 bits per heavy atom. The Bertz CT molecular complexity index is 935. The predicted molar refractivity (Wildman–Crippen MR) is 107 cm³/mol. The van der Waals surface area contributed by atoms with E-state index in [9.17, 15) is 10.2 Å². The molecule has 0 radical (unpaired) electrons. The van der Waals surface area contributed by atoms with Crippen molar-refractivity contribution >= 4 is 28.7 Å². The molecule has 2 aromatic heterocycles. The Labute approximate surface area is 167 Å². The number of hydrogen-bond acceptors (Lipinski definition) is 8. The molecule has 3 N–H and O–H groups in total. The molecule has 8 nitrogen and oxygen atoms in total. The highest BCUT2D eigenvalue weighted by Gasteiger charge is 2.37. The van der Waals surface area contributed by atoms with E-state index < -0.39 is 12.2 Å². The van der Waals surface area contributed by atoms with E-state index in [1.54, 1.807) is 4.68 Å². The highest BCUT2D eigenvalue weighted by atomic mass is 32.2. The Kier molecular flexibility index (Phi) is 5.74. The fraction of sp³-hybridized carbons (Fsp3) is 0.474. The normalized spacial score (nSPS) is 22.0. The number of aliphatic hydroxyl groups is 2. The van der Waals surface area contributed by atoms with E-state index in [2.05, 4.69) is 32.5 Å². The summed E-state index contributed by atoms with van der Waals surface area (Å²) in [5.74, 6) is 0.649. The molecule has 148 valence electrons. The summed E-state index contributed by atoms with van der Waals surface area (Å²) in [6, 6.07) is 9.60.